The molecule has 1 aromatic carbocycles. The van der Waals surface area contributed by atoms with Gasteiger partial charge in [-0.2, -0.15) is 10.3 Å². The number of rotatable bonds is 4. The number of nitriles is 1. The van der Waals surface area contributed by atoms with E-state index in [9.17, 15) is 14.9 Å². The van der Waals surface area contributed by atoms with Gasteiger partial charge in [0.2, 0.25) is 0 Å². The summed E-state index contributed by atoms with van der Waals surface area (Å²) in [5.74, 6) is -0.681. The van der Waals surface area contributed by atoms with Crippen molar-refractivity contribution in [2.45, 2.75) is 11.9 Å². The van der Waals surface area contributed by atoms with Crippen molar-refractivity contribution in [3.8, 4) is 17.5 Å². The third-order valence-electron chi connectivity index (χ3n) is 3.61. The Kier molecular flexibility index (Phi) is 4.93. The third kappa shape index (κ3) is 3.14. The van der Waals surface area contributed by atoms with Crippen molar-refractivity contribution in [2.24, 2.45) is 0 Å². The van der Waals surface area contributed by atoms with E-state index in [1.165, 1.54) is 24.8 Å². The highest BCUT2D eigenvalue weighted by Gasteiger charge is 2.30. The van der Waals surface area contributed by atoms with Crippen LogP contribution in [0.3, 0.4) is 0 Å². The molecule has 9 heteroatoms. The molecule has 0 aliphatic carbocycles. The lowest BCUT2D eigenvalue weighted by Gasteiger charge is -2.18. The first-order valence-electron chi connectivity index (χ1n) is 7.40. The number of anilines is 1. The van der Waals surface area contributed by atoms with Crippen molar-refractivity contribution in [2.75, 3.05) is 11.7 Å². The summed E-state index contributed by atoms with van der Waals surface area (Å²) in [7, 11) is 0. The van der Waals surface area contributed by atoms with Crippen LogP contribution in [0, 0.1) is 11.3 Å². The van der Waals surface area contributed by atoms with Crippen molar-refractivity contribution in [3.05, 3.63) is 46.5 Å². The SMILES string of the molecule is CSc1nc(-c2ccccc2Cl)nc(NN2C(=O)C=C(C)C2=O)c1C#N. The summed E-state index contributed by atoms with van der Waals surface area (Å²) in [5.41, 5.74) is 3.66. The number of hydrogen-bond acceptors (Lipinski definition) is 7. The maximum absolute atomic E-state index is 12.1. The first kappa shape index (κ1) is 17.9. The van der Waals surface area contributed by atoms with Crippen LogP contribution >= 0.6 is 23.4 Å². The Morgan fingerprint density at radius 3 is 2.58 bits per heavy atom. The fraction of sp³-hybridized carbons (Fsp3) is 0.118. The Morgan fingerprint density at radius 2 is 2.00 bits per heavy atom. The van der Waals surface area contributed by atoms with Crippen LogP contribution in [0.1, 0.15) is 12.5 Å². The van der Waals surface area contributed by atoms with E-state index >= 15 is 0 Å². The zero-order valence-electron chi connectivity index (χ0n) is 13.8. The summed E-state index contributed by atoms with van der Waals surface area (Å²) in [5, 5.41) is 11.2. The predicted octanol–water partition coefficient (Wildman–Crippen LogP) is 3.03. The standard InChI is InChI=1S/C17H12ClN5O2S/c1-9-7-13(24)23(17(9)25)22-15-11(8-19)16(26-2)21-14(20-15)10-5-3-4-6-12(10)18/h3-7H,1-2H3,(H,20,21,22). The fourth-order valence-corrected chi connectivity index (χ4v) is 3.08. The second-order valence-electron chi connectivity index (χ2n) is 5.29. The molecule has 0 saturated heterocycles. The minimum atomic E-state index is -0.528. The van der Waals surface area contributed by atoms with Gasteiger partial charge in [0.25, 0.3) is 11.8 Å². The summed E-state index contributed by atoms with van der Waals surface area (Å²) in [6, 6.07) is 9.03. The van der Waals surface area contributed by atoms with E-state index < -0.39 is 11.8 Å². The normalized spacial score (nSPS) is 13.6. The van der Waals surface area contributed by atoms with E-state index in [-0.39, 0.29) is 17.2 Å². The molecule has 0 spiro atoms. The average molecular weight is 386 g/mol. The lowest BCUT2D eigenvalue weighted by Crippen LogP contribution is -2.37. The average Bonchev–Trinajstić information content (AvgIpc) is 2.87. The summed E-state index contributed by atoms with van der Waals surface area (Å²) < 4.78 is 0. The van der Waals surface area contributed by atoms with E-state index in [4.69, 9.17) is 11.6 Å². The minimum absolute atomic E-state index is 0.0616. The van der Waals surface area contributed by atoms with Gasteiger partial charge in [-0.05, 0) is 25.3 Å². The van der Waals surface area contributed by atoms with E-state index in [0.29, 0.717) is 21.2 Å². The van der Waals surface area contributed by atoms with Crippen LogP contribution in [0.5, 0.6) is 0 Å². The Balaban J connectivity index is 2.11. The van der Waals surface area contributed by atoms with Crippen molar-refractivity contribution in [3.63, 3.8) is 0 Å². The first-order valence-corrected chi connectivity index (χ1v) is 9.01. The summed E-state index contributed by atoms with van der Waals surface area (Å²) in [4.78, 5) is 32.8. The highest BCUT2D eigenvalue weighted by Crippen LogP contribution is 2.31. The second kappa shape index (κ2) is 7.15. The zero-order valence-corrected chi connectivity index (χ0v) is 15.4. The van der Waals surface area contributed by atoms with Crippen LogP contribution in [-0.2, 0) is 9.59 Å². The Morgan fingerprint density at radius 1 is 1.27 bits per heavy atom. The molecule has 0 unspecified atom stereocenters. The molecule has 3 rings (SSSR count). The molecule has 2 amide bonds. The molecule has 1 aromatic heterocycles. The minimum Gasteiger partial charge on any atom is -0.270 e. The Labute approximate surface area is 158 Å². The van der Waals surface area contributed by atoms with E-state index in [0.717, 1.165) is 5.01 Å². The number of halogens is 1. The number of aromatic nitrogens is 2. The monoisotopic (exact) mass is 385 g/mol. The molecule has 0 saturated carbocycles. The van der Waals surface area contributed by atoms with Gasteiger partial charge < -0.3 is 0 Å². The molecule has 0 atom stereocenters. The van der Waals surface area contributed by atoms with Gasteiger partial charge in [0.1, 0.15) is 16.7 Å². The molecule has 0 radical (unpaired) electrons. The Hall–Kier alpha value is -2.89. The number of thioether (sulfide) groups is 1. The largest absolute Gasteiger partial charge is 0.275 e. The number of nitrogens with one attached hydrogen (secondary N) is 1. The van der Waals surface area contributed by atoms with Gasteiger partial charge in [0.15, 0.2) is 11.6 Å². The van der Waals surface area contributed by atoms with Crippen LogP contribution in [0.25, 0.3) is 11.4 Å². The quantitative estimate of drug-likeness (QED) is 0.490. The second-order valence-corrected chi connectivity index (χ2v) is 6.49. The molecule has 1 aliphatic rings. The van der Waals surface area contributed by atoms with Crippen LogP contribution < -0.4 is 5.43 Å². The van der Waals surface area contributed by atoms with Gasteiger partial charge in [0, 0.05) is 17.2 Å². The van der Waals surface area contributed by atoms with Gasteiger partial charge in [-0.3, -0.25) is 15.0 Å². The smallest absolute Gasteiger partial charge is 0.270 e. The molecule has 1 aliphatic heterocycles. The van der Waals surface area contributed by atoms with Gasteiger partial charge >= 0.3 is 0 Å². The highest BCUT2D eigenvalue weighted by atomic mass is 35.5. The van der Waals surface area contributed by atoms with E-state index in [1.807, 2.05) is 6.07 Å². The summed E-state index contributed by atoms with van der Waals surface area (Å²) in [6.07, 6.45) is 2.98. The lowest BCUT2D eigenvalue weighted by molar-refractivity contribution is -0.135. The maximum atomic E-state index is 12.1. The van der Waals surface area contributed by atoms with Crippen molar-refractivity contribution < 1.29 is 9.59 Å². The van der Waals surface area contributed by atoms with Crippen molar-refractivity contribution in [1.82, 2.24) is 15.0 Å². The summed E-state index contributed by atoms with van der Waals surface area (Å²) in [6.45, 7) is 1.54. The number of amides is 2. The van der Waals surface area contributed by atoms with Crippen molar-refractivity contribution >= 4 is 41.0 Å². The number of imide groups is 1. The van der Waals surface area contributed by atoms with Crippen molar-refractivity contribution in [1.29, 1.82) is 5.26 Å². The lowest BCUT2D eigenvalue weighted by atomic mass is 10.2. The van der Waals surface area contributed by atoms with Gasteiger partial charge in [-0.1, -0.05) is 23.7 Å². The maximum Gasteiger partial charge on any atom is 0.275 e. The summed E-state index contributed by atoms with van der Waals surface area (Å²) >= 11 is 7.47. The van der Waals surface area contributed by atoms with Gasteiger partial charge in [0.05, 0.1) is 5.02 Å². The number of hydrazine groups is 1. The van der Waals surface area contributed by atoms with Crippen LogP contribution in [0.2, 0.25) is 5.02 Å². The van der Waals surface area contributed by atoms with E-state index in [2.05, 4.69) is 15.4 Å². The van der Waals surface area contributed by atoms with Crippen LogP contribution in [0.15, 0.2) is 40.9 Å². The fourth-order valence-electron chi connectivity index (χ4n) is 2.33. The van der Waals surface area contributed by atoms with Crippen LogP contribution in [-0.4, -0.2) is 33.0 Å². The van der Waals surface area contributed by atoms with Gasteiger partial charge in [-0.25, -0.2) is 9.97 Å². The zero-order chi connectivity index (χ0) is 18.8. The number of nitrogens with zero attached hydrogens (tertiary/aromatic N) is 4. The molecule has 1 N–H and O–H groups in total. The topological polar surface area (TPSA) is 99.0 Å². The first-order chi connectivity index (χ1) is 12.5. The third-order valence-corrected chi connectivity index (χ3v) is 4.63. The molecule has 26 heavy (non-hydrogen) atoms. The van der Waals surface area contributed by atoms with Crippen LogP contribution in [0.4, 0.5) is 5.82 Å². The van der Waals surface area contributed by atoms with Gasteiger partial charge in [-0.15, -0.1) is 11.8 Å². The molecule has 130 valence electrons. The Bertz CT molecular complexity index is 999. The molecule has 2 aromatic rings. The number of carbonyl (C=O) groups is 2. The number of hydrogen-bond donors (Lipinski definition) is 1. The molecule has 0 bridgehead atoms. The highest BCUT2D eigenvalue weighted by molar-refractivity contribution is 7.98. The number of benzene rings is 1. The molecular weight excluding hydrogens is 374 g/mol. The number of carbonyl (C=O) groups excluding carboxylic acids is 2. The van der Waals surface area contributed by atoms with E-state index in [1.54, 1.807) is 30.5 Å². The predicted molar refractivity (Wildman–Crippen MR) is 98.2 cm³/mol. The molecular formula is C17H12ClN5O2S. The molecule has 2 heterocycles. The molecule has 0 fully saturated rings. The molecule has 7 nitrogen and oxygen atoms in total.